The molecule has 0 atom stereocenters. The SMILES string of the molecule is Cc1cc(NC(=O)COc2ccc(C3CCCCC3)cc2)ccc1-c1cc2ccccc2oc1=O. The summed E-state index contributed by atoms with van der Waals surface area (Å²) in [4.78, 5) is 25.0. The van der Waals surface area contributed by atoms with Gasteiger partial charge in [0, 0.05) is 11.1 Å². The van der Waals surface area contributed by atoms with E-state index in [2.05, 4.69) is 17.4 Å². The lowest BCUT2D eigenvalue weighted by molar-refractivity contribution is -0.118. The molecule has 178 valence electrons. The van der Waals surface area contributed by atoms with Gasteiger partial charge in [0.2, 0.25) is 0 Å². The van der Waals surface area contributed by atoms with Gasteiger partial charge in [0.1, 0.15) is 11.3 Å². The minimum absolute atomic E-state index is 0.0716. The van der Waals surface area contributed by atoms with Crippen molar-refractivity contribution in [3.05, 3.63) is 94.3 Å². The molecule has 0 radical (unpaired) electrons. The number of rotatable bonds is 6. The molecule has 1 amide bonds. The van der Waals surface area contributed by atoms with Crippen LogP contribution in [0.5, 0.6) is 5.75 Å². The van der Waals surface area contributed by atoms with Crippen molar-refractivity contribution in [2.75, 3.05) is 11.9 Å². The molecule has 1 aromatic heterocycles. The highest BCUT2D eigenvalue weighted by Crippen LogP contribution is 2.33. The van der Waals surface area contributed by atoms with Crippen LogP contribution in [-0.2, 0) is 4.79 Å². The van der Waals surface area contributed by atoms with Crippen LogP contribution in [-0.4, -0.2) is 12.5 Å². The van der Waals surface area contributed by atoms with Crippen LogP contribution in [0.3, 0.4) is 0 Å². The fraction of sp³-hybridized carbons (Fsp3) is 0.267. The first-order valence-corrected chi connectivity index (χ1v) is 12.2. The summed E-state index contributed by atoms with van der Waals surface area (Å²) >= 11 is 0. The molecule has 1 aliphatic carbocycles. The Labute approximate surface area is 204 Å². The third kappa shape index (κ3) is 5.29. The summed E-state index contributed by atoms with van der Waals surface area (Å²) in [6.45, 7) is 1.84. The van der Waals surface area contributed by atoms with Gasteiger partial charge < -0.3 is 14.5 Å². The molecule has 1 saturated carbocycles. The zero-order valence-corrected chi connectivity index (χ0v) is 19.9. The number of carbonyl (C=O) groups excluding carboxylic acids is 1. The lowest BCUT2D eigenvalue weighted by Gasteiger charge is -2.22. The minimum Gasteiger partial charge on any atom is -0.484 e. The monoisotopic (exact) mass is 467 g/mol. The van der Waals surface area contributed by atoms with E-state index >= 15 is 0 Å². The second kappa shape index (κ2) is 10.2. The Kier molecular flexibility index (Phi) is 6.66. The molecule has 0 bridgehead atoms. The summed E-state index contributed by atoms with van der Waals surface area (Å²) in [5.41, 5.74) is 4.33. The third-order valence-corrected chi connectivity index (χ3v) is 6.77. The standard InChI is InChI=1S/C30H29NO4/c1-20-17-24(13-16-26(20)27-18-23-9-5-6-10-28(23)35-30(27)33)31-29(32)19-34-25-14-11-22(12-15-25)21-7-3-2-4-8-21/h5-6,9-18,21H,2-4,7-8,19H2,1H3,(H,31,32). The predicted octanol–water partition coefficient (Wildman–Crippen LogP) is 6.83. The van der Waals surface area contributed by atoms with E-state index in [1.54, 1.807) is 12.1 Å². The average molecular weight is 468 g/mol. The van der Waals surface area contributed by atoms with E-state index in [9.17, 15) is 9.59 Å². The van der Waals surface area contributed by atoms with Crippen molar-refractivity contribution < 1.29 is 13.9 Å². The summed E-state index contributed by atoms with van der Waals surface area (Å²) in [5, 5.41) is 3.74. The number of nitrogens with one attached hydrogen (secondary N) is 1. The van der Waals surface area contributed by atoms with Crippen LogP contribution < -0.4 is 15.7 Å². The van der Waals surface area contributed by atoms with E-state index in [0.717, 1.165) is 16.5 Å². The molecule has 1 heterocycles. The van der Waals surface area contributed by atoms with Gasteiger partial charge in [-0.3, -0.25) is 4.79 Å². The van der Waals surface area contributed by atoms with Crippen LogP contribution in [0.4, 0.5) is 5.69 Å². The molecule has 0 spiro atoms. The first kappa shape index (κ1) is 22.9. The number of hydrogen-bond donors (Lipinski definition) is 1. The van der Waals surface area contributed by atoms with E-state index in [0.29, 0.717) is 28.5 Å². The molecule has 4 aromatic rings. The number of fused-ring (bicyclic) bond motifs is 1. The Morgan fingerprint density at radius 3 is 2.49 bits per heavy atom. The Bertz CT molecular complexity index is 1400. The molecule has 5 nitrogen and oxygen atoms in total. The zero-order valence-electron chi connectivity index (χ0n) is 19.9. The van der Waals surface area contributed by atoms with Gasteiger partial charge >= 0.3 is 5.63 Å². The Morgan fingerprint density at radius 1 is 0.943 bits per heavy atom. The number of aryl methyl sites for hydroxylation is 1. The molecular formula is C30H29NO4. The van der Waals surface area contributed by atoms with Gasteiger partial charge in [-0.2, -0.15) is 0 Å². The van der Waals surface area contributed by atoms with E-state index in [1.165, 1.54) is 37.7 Å². The summed E-state index contributed by atoms with van der Waals surface area (Å²) < 4.78 is 11.2. The number of benzene rings is 3. The van der Waals surface area contributed by atoms with Gasteiger partial charge in [-0.15, -0.1) is 0 Å². The molecule has 5 heteroatoms. The number of para-hydroxylation sites is 1. The lowest BCUT2D eigenvalue weighted by atomic mass is 9.84. The third-order valence-electron chi connectivity index (χ3n) is 6.77. The van der Waals surface area contributed by atoms with E-state index in [-0.39, 0.29) is 18.1 Å². The van der Waals surface area contributed by atoms with Crippen LogP contribution in [0.15, 0.2) is 82.0 Å². The number of carbonyl (C=O) groups is 1. The predicted molar refractivity (Wildman–Crippen MR) is 139 cm³/mol. The highest BCUT2D eigenvalue weighted by atomic mass is 16.5. The Balaban J connectivity index is 1.21. The minimum atomic E-state index is -0.383. The van der Waals surface area contributed by atoms with Gasteiger partial charge in [-0.1, -0.05) is 55.7 Å². The molecule has 0 aliphatic heterocycles. The van der Waals surface area contributed by atoms with Gasteiger partial charge in [0.15, 0.2) is 6.61 Å². The Hall–Kier alpha value is -3.86. The van der Waals surface area contributed by atoms with Crippen LogP contribution >= 0.6 is 0 Å². The molecule has 0 unspecified atom stereocenters. The van der Waals surface area contributed by atoms with Crippen LogP contribution in [0.2, 0.25) is 0 Å². The second-order valence-corrected chi connectivity index (χ2v) is 9.26. The molecule has 1 fully saturated rings. The maximum Gasteiger partial charge on any atom is 0.344 e. The van der Waals surface area contributed by atoms with Crippen molar-refractivity contribution in [1.82, 2.24) is 0 Å². The topological polar surface area (TPSA) is 68.5 Å². The van der Waals surface area contributed by atoms with E-state index in [1.807, 2.05) is 55.5 Å². The smallest absolute Gasteiger partial charge is 0.344 e. The van der Waals surface area contributed by atoms with Crippen molar-refractivity contribution in [3.63, 3.8) is 0 Å². The molecule has 35 heavy (non-hydrogen) atoms. The summed E-state index contributed by atoms with van der Waals surface area (Å²) in [5.74, 6) is 1.10. The summed E-state index contributed by atoms with van der Waals surface area (Å²) in [7, 11) is 0. The highest BCUT2D eigenvalue weighted by molar-refractivity contribution is 5.92. The average Bonchev–Trinajstić information content (AvgIpc) is 2.88. The van der Waals surface area contributed by atoms with Gasteiger partial charge in [-0.05, 0) is 78.8 Å². The first-order chi connectivity index (χ1) is 17.1. The molecule has 5 rings (SSSR count). The zero-order chi connectivity index (χ0) is 24.2. The van der Waals surface area contributed by atoms with Gasteiger partial charge in [0.05, 0.1) is 5.56 Å². The number of hydrogen-bond acceptors (Lipinski definition) is 4. The van der Waals surface area contributed by atoms with E-state index in [4.69, 9.17) is 9.15 Å². The first-order valence-electron chi connectivity index (χ1n) is 12.2. The van der Waals surface area contributed by atoms with Crippen LogP contribution in [0.25, 0.3) is 22.1 Å². The second-order valence-electron chi connectivity index (χ2n) is 9.26. The lowest BCUT2D eigenvalue weighted by Crippen LogP contribution is -2.20. The van der Waals surface area contributed by atoms with Gasteiger partial charge in [-0.25, -0.2) is 4.79 Å². The summed E-state index contributed by atoms with van der Waals surface area (Å²) in [6, 6.07) is 22.9. The van der Waals surface area contributed by atoms with Crippen molar-refractivity contribution in [3.8, 4) is 16.9 Å². The van der Waals surface area contributed by atoms with Crippen LogP contribution in [0.1, 0.15) is 49.1 Å². The fourth-order valence-electron chi connectivity index (χ4n) is 4.91. The van der Waals surface area contributed by atoms with Crippen LogP contribution in [0, 0.1) is 6.92 Å². The Morgan fingerprint density at radius 2 is 1.71 bits per heavy atom. The van der Waals surface area contributed by atoms with Crippen molar-refractivity contribution in [2.45, 2.75) is 44.9 Å². The fourth-order valence-corrected chi connectivity index (χ4v) is 4.91. The highest BCUT2D eigenvalue weighted by Gasteiger charge is 2.15. The van der Waals surface area contributed by atoms with Crippen molar-refractivity contribution in [2.24, 2.45) is 0 Å². The number of ether oxygens (including phenoxy) is 1. The number of anilines is 1. The van der Waals surface area contributed by atoms with Crippen molar-refractivity contribution in [1.29, 1.82) is 0 Å². The molecule has 1 N–H and O–H groups in total. The number of amides is 1. The molecule has 3 aromatic carbocycles. The maximum atomic E-state index is 12.5. The maximum absolute atomic E-state index is 12.5. The molecule has 0 saturated heterocycles. The van der Waals surface area contributed by atoms with E-state index < -0.39 is 0 Å². The van der Waals surface area contributed by atoms with Crippen molar-refractivity contribution >= 4 is 22.6 Å². The normalized spacial score (nSPS) is 14.1. The summed E-state index contributed by atoms with van der Waals surface area (Å²) in [6.07, 6.45) is 6.46. The quantitative estimate of drug-likeness (QED) is 0.316. The molecule has 1 aliphatic rings. The van der Waals surface area contributed by atoms with Gasteiger partial charge in [0.25, 0.3) is 5.91 Å². The molecular weight excluding hydrogens is 438 g/mol. The largest absolute Gasteiger partial charge is 0.484 e.